The molecule has 2 aliphatic rings. The number of nitrogens with one attached hydrogen (secondary N) is 2. The number of hydrogen-bond acceptors (Lipinski definition) is 4. The van der Waals surface area contributed by atoms with E-state index in [1.807, 2.05) is 30.1 Å². The molecule has 6 nitrogen and oxygen atoms in total. The number of ether oxygens (including phenoxy) is 1. The maximum absolute atomic E-state index is 12.2. The van der Waals surface area contributed by atoms with E-state index in [0.29, 0.717) is 31.9 Å². The number of likely N-dealkylation sites (N-methyl/N-ethyl adjacent to an activating group) is 1. The monoisotopic (exact) mass is 331 g/mol. The summed E-state index contributed by atoms with van der Waals surface area (Å²) in [6.07, 6.45) is 3.51. The summed E-state index contributed by atoms with van der Waals surface area (Å²) in [5, 5.41) is 6.14. The van der Waals surface area contributed by atoms with Crippen LogP contribution in [0.3, 0.4) is 0 Å². The maximum Gasteiger partial charge on any atom is 0.224 e. The summed E-state index contributed by atoms with van der Waals surface area (Å²) in [6.45, 7) is 2.40. The molecule has 1 fully saturated rings. The van der Waals surface area contributed by atoms with Crippen molar-refractivity contribution in [3.8, 4) is 5.75 Å². The van der Waals surface area contributed by atoms with Gasteiger partial charge in [0.2, 0.25) is 11.8 Å². The Morgan fingerprint density at radius 3 is 3.04 bits per heavy atom. The van der Waals surface area contributed by atoms with Crippen LogP contribution in [-0.2, 0) is 16.0 Å². The Kier molecular flexibility index (Phi) is 5.35. The second kappa shape index (κ2) is 7.66. The van der Waals surface area contributed by atoms with Gasteiger partial charge in [0.25, 0.3) is 0 Å². The minimum atomic E-state index is 0.0660. The van der Waals surface area contributed by atoms with E-state index >= 15 is 0 Å². The van der Waals surface area contributed by atoms with E-state index in [0.717, 1.165) is 42.9 Å². The number of nitrogens with zero attached hydrogens (tertiary/aromatic N) is 1. The Bertz CT molecular complexity index is 612. The first kappa shape index (κ1) is 16.8. The van der Waals surface area contributed by atoms with Crippen LogP contribution in [0, 0.1) is 0 Å². The molecule has 1 aromatic carbocycles. The molecule has 1 saturated heterocycles. The van der Waals surface area contributed by atoms with Gasteiger partial charge >= 0.3 is 0 Å². The van der Waals surface area contributed by atoms with Gasteiger partial charge in [0.05, 0.1) is 6.61 Å². The first-order chi connectivity index (χ1) is 11.6. The van der Waals surface area contributed by atoms with E-state index in [-0.39, 0.29) is 11.8 Å². The Morgan fingerprint density at radius 1 is 1.38 bits per heavy atom. The number of hydrogen-bond donors (Lipinski definition) is 2. The Morgan fingerprint density at radius 2 is 2.25 bits per heavy atom. The molecule has 2 amide bonds. The molecule has 0 saturated carbocycles. The Labute approximate surface area is 142 Å². The zero-order valence-electron chi connectivity index (χ0n) is 14.1. The van der Waals surface area contributed by atoms with Crippen molar-refractivity contribution in [2.24, 2.45) is 0 Å². The minimum Gasteiger partial charge on any atom is -0.494 e. The summed E-state index contributed by atoms with van der Waals surface area (Å²) in [5.74, 6) is 1.04. The number of amides is 2. The molecule has 2 aliphatic heterocycles. The molecule has 2 heterocycles. The van der Waals surface area contributed by atoms with Crippen molar-refractivity contribution >= 4 is 17.5 Å². The van der Waals surface area contributed by atoms with Crippen LogP contribution in [0.1, 0.15) is 31.2 Å². The number of anilines is 1. The summed E-state index contributed by atoms with van der Waals surface area (Å²) >= 11 is 0. The van der Waals surface area contributed by atoms with Gasteiger partial charge in [0.1, 0.15) is 5.75 Å². The topological polar surface area (TPSA) is 70.7 Å². The normalized spacial score (nSPS) is 19.5. The van der Waals surface area contributed by atoms with Gasteiger partial charge in [0, 0.05) is 38.2 Å². The van der Waals surface area contributed by atoms with Crippen LogP contribution >= 0.6 is 0 Å². The summed E-state index contributed by atoms with van der Waals surface area (Å²) in [6, 6.07) is 6.05. The minimum absolute atomic E-state index is 0.0660. The molecule has 24 heavy (non-hydrogen) atoms. The summed E-state index contributed by atoms with van der Waals surface area (Å²) in [7, 11) is 1.89. The number of aryl methyl sites for hydroxylation is 1. The van der Waals surface area contributed by atoms with Crippen LogP contribution < -0.4 is 15.4 Å². The molecule has 1 aromatic rings. The SMILES string of the molecule is CN(C(=O)CCCOc1ccc2c(c1)CCC(=O)N2)C1CCNC1. The number of rotatable bonds is 6. The number of carbonyl (C=O) groups excluding carboxylic acids is 2. The van der Waals surface area contributed by atoms with Crippen molar-refractivity contribution in [2.45, 2.75) is 38.1 Å². The lowest BCUT2D eigenvalue weighted by Gasteiger charge is -2.23. The highest BCUT2D eigenvalue weighted by atomic mass is 16.5. The molecule has 3 rings (SSSR count). The smallest absolute Gasteiger partial charge is 0.224 e. The van der Waals surface area contributed by atoms with Crippen LogP contribution in [0.4, 0.5) is 5.69 Å². The number of carbonyl (C=O) groups is 2. The van der Waals surface area contributed by atoms with Crippen molar-refractivity contribution in [1.82, 2.24) is 10.2 Å². The average molecular weight is 331 g/mol. The molecular weight excluding hydrogens is 306 g/mol. The van der Waals surface area contributed by atoms with E-state index in [1.165, 1.54) is 0 Å². The van der Waals surface area contributed by atoms with E-state index in [2.05, 4.69) is 10.6 Å². The van der Waals surface area contributed by atoms with Gasteiger partial charge < -0.3 is 20.3 Å². The van der Waals surface area contributed by atoms with Crippen LogP contribution in [0.25, 0.3) is 0 Å². The lowest BCUT2D eigenvalue weighted by Crippen LogP contribution is -2.38. The van der Waals surface area contributed by atoms with Crippen molar-refractivity contribution in [2.75, 3.05) is 32.1 Å². The predicted molar refractivity (Wildman–Crippen MR) is 92.2 cm³/mol. The number of fused-ring (bicyclic) bond motifs is 1. The van der Waals surface area contributed by atoms with Gasteiger partial charge in [0.15, 0.2) is 0 Å². The molecule has 0 aromatic heterocycles. The van der Waals surface area contributed by atoms with Gasteiger partial charge in [-0.1, -0.05) is 0 Å². The molecule has 130 valence electrons. The lowest BCUT2D eigenvalue weighted by atomic mass is 10.0. The highest BCUT2D eigenvalue weighted by Crippen LogP contribution is 2.26. The lowest BCUT2D eigenvalue weighted by molar-refractivity contribution is -0.131. The van der Waals surface area contributed by atoms with Crippen LogP contribution in [0.5, 0.6) is 5.75 Å². The van der Waals surface area contributed by atoms with Crippen LogP contribution in [-0.4, -0.2) is 49.5 Å². The molecule has 0 spiro atoms. The molecule has 0 aliphatic carbocycles. The van der Waals surface area contributed by atoms with Crippen LogP contribution in [0.2, 0.25) is 0 Å². The average Bonchev–Trinajstić information content (AvgIpc) is 3.12. The predicted octanol–water partition coefficient (Wildman–Crippen LogP) is 1.55. The molecular formula is C18H25N3O3. The third kappa shape index (κ3) is 4.06. The van der Waals surface area contributed by atoms with Gasteiger partial charge in [-0.25, -0.2) is 0 Å². The van der Waals surface area contributed by atoms with Gasteiger partial charge in [-0.15, -0.1) is 0 Å². The van der Waals surface area contributed by atoms with Gasteiger partial charge in [-0.05, 0) is 49.6 Å². The third-order valence-electron chi connectivity index (χ3n) is 4.75. The zero-order chi connectivity index (χ0) is 16.9. The molecule has 6 heteroatoms. The highest BCUT2D eigenvalue weighted by Gasteiger charge is 2.22. The van der Waals surface area contributed by atoms with Gasteiger partial charge in [-0.2, -0.15) is 0 Å². The quantitative estimate of drug-likeness (QED) is 0.776. The largest absolute Gasteiger partial charge is 0.494 e. The molecule has 1 unspecified atom stereocenters. The Balaban J connectivity index is 1.42. The third-order valence-corrected chi connectivity index (χ3v) is 4.75. The van der Waals surface area contributed by atoms with E-state index < -0.39 is 0 Å². The first-order valence-electron chi connectivity index (χ1n) is 8.65. The number of benzene rings is 1. The van der Waals surface area contributed by atoms with Gasteiger partial charge in [-0.3, -0.25) is 9.59 Å². The standard InChI is InChI=1S/C18H25N3O3/c1-21(14-8-9-19-12-14)18(23)3-2-10-24-15-5-6-16-13(11-15)4-7-17(22)20-16/h5-6,11,14,19H,2-4,7-10,12H2,1H3,(H,20,22). The highest BCUT2D eigenvalue weighted by molar-refractivity contribution is 5.94. The zero-order valence-corrected chi connectivity index (χ0v) is 14.1. The van der Waals surface area contributed by atoms with Crippen molar-refractivity contribution in [1.29, 1.82) is 0 Å². The fourth-order valence-electron chi connectivity index (χ4n) is 3.21. The summed E-state index contributed by atoms with van der Waals surface area (Å²) in [4.78, 5) is 25.4. The van der Waals surface area contributed by atoms with Crippen molar-refractivity contribution in [3.05, 3.63) is 23.8 Å². The second-order valence-electron chi connectivity index (χ2n) is 6.47. The maximum atomic E-state index is 12.2. The Hall–Kier alpha value is -2.08. The van der Waals surface area contributed by atoms with Crippen molar-refractivity contribution in [3.63, 3.8) is 0 Å². The van der Waals surface area contributed by atoms with E-state index in [1.54, 1.807) is 0 Å². The summed E-state index contributed by atoms with van der Waals surface area (Å²) in [5.41, 5.74) is 1.98. The molecule has 2 N–H and O–H groups in total. The fraction of sp³-hybridized carbons (Fsp3) is 0.556. The molecule has 0 radical (unpaired) electrons. The summed E-state index contributed by atoms with van der Waals surface area (Å²) < 4.78 is 5.76. The van der Waals surface area contributed by atoms with E-state index in [4.69, 9.17) is 4.74 Å². The second-order valence-corrected chi connectivity index (χ2v) is 6.47. The van der Waals surface area contributed by atoms with E-state index in [9.17, 15) is 9.59 Å². The molecule has 1 atom stereocenters. The van der Waals surface area contributed by atoms with Crippen molar-refractivity contribution < 1.29 is 14.3 Å². The molecule has 0 bridgehead atoms. The fourth-order valence-corrected chi connectivity index (χ4v) is 3.21. The van der Waals surface area contributed by atoms with Crippen LogP contribution in [0.15, 0.2) is 18.2 Å². The first-order valence-corrected chi connectivity index (χ1v) is 8.65.